The highest BCUT2D eigenvalue weighted by Gasteiger charge is 2.46. The van der Waals surface area contributed by atoms with Crippen LogP contribution in [0.3, 0.4) is 0 Å². The van der Waals surface area contributed by atoms with Gasteiger partial charge >= 0.3 is 5.97 Å². The van der Waals surface area contributed by atoms with Gasteiger partial charge in [0.05, 0.1) is 13.2 Å². The molecule has 3 nitrogen and oxygen atoms in total. The molecular formula is C11H10F2O3. The van der Waals surface area contributed by atoms with E-state index in [1.54, 1.807) is 0 Å². The van der Waals surface area contributed by atoms with Gasteiger partial charge in [0, 0.05) is 6.07 Å². The molecule has 0 aromatic heterocycles. The van der Waals surface area contributed by atoms with Crippen LogP contribution < -0.4 is 0 Å². The molecule has 1 heterocycles. The van der Waals surface area contributed by atoms with E-state index in [1.807, 2.05) is 0 Å². The van der Waals surface area contributed by atoms with E-state index in [1.165, 1.54) is 6.07 Å². The second-order valence-electron chi connectivity index (χ2n) is 3.99. The van der Waals surface area contributed by atoms with Crippen LogP contribution in [0.5, 0.6) is 0 Å². The fraction of sp³-hybridized carbons (Fsp3) is 0.364. The lowest BCUT2D eigenvalue weighted by Crippen LogP contribution is -2.50. The molecule has 16 heavy (non-hydrogen) atoms. The minimum Gasteiger partial charge on any atom is -0.481 e. The topological polar surface area (TPSA) is 46.5 Å². The zero-order valence-corrected chi connectivity index (χ0v) is 8.37. The molecule has 0 atom stereocenters. The Balaban J connectivity index is 2.23. The summed E-state index contributed by atoms with van der Waals surface area (Å²) in [5.41, 5.74) is -0.856. The van der Waals surface area contributed by atoms with Gasteiger partial charge < -0.3 is 9.84 Å². The summed E-state index contributed by atoms with van der Waals surface area (Å²) < 4.78 is 30.8. The van der Waals surface area contributed by atoms with E-state index in [2.05, 4.69) is 0 Å². The van der Waals surface area contributed by atoms with E-state index < -0.39 is 23.0 Å². The Hall–Kier alpha value is -1.49. The molecule has 1 aromatic carbocycles. The lowest BCUT2D eigenvalue weighted by Gasteiger charge is -2.37. The molecule has 1 N–H and O–H groups in total. The number of benzene rings is 1. The van der Waals surface area contributed by atoms with Crippen LogP contribution in [0.4, 0.5) is 8.78 Å². The molecule has 86 valence electrons. The summed E-state index contributed by atoms with van der Waals surface area (Å²) in [7, 11) is 0. The Bertz CT molecular complexity index is 427. The van der Waals surface area contributed by atoms with Crippen LogP contribution in [0.2, 0.25) is 0 Å². The molecule has 0 spiro atoms. The first kappa shape index (κ1) is 11.0. The van der Waals surface area contributed by atoms with Crippen molar-refractivity contribution in [2.24, 2.45) is 5.41 Å². The number of hydrogen-bond donors (Lipinski definition) is 1. The van der Waals surface area contributed by atoms with Crippen LogP contribution in [0.1, 0.15) is 5.56 Å². The Morgan fingerprint density at radius 1 is 1.44 bits per heavy atom. The summed E-state index contributed by atoms with van der Waals surface area (Å²) in [5, 5.41) is 9.01. The minimum absolute atomic E-state index is 0.0223. The van der Waals surface area contributed by atoms with Crippen molar-refractivity contribution < 1.29 is 23.4 Å². The molecule has 0 radical (unpaired) electrons. The van der Waals surface area contributed by atoms with Gasteiger partial charge in [0.1, 0.15) is 17.0 Å². The average molecular weight is 228 g/mol. The molecule has 1 aliphatic rings. The summed E-state index contributed by atoms with van der Waals surface area (Å²) in [6.07, 6.45) is 0.0223. The van der Waals surface area contributed by atoms with E-state index in [-0.39, 0.29) is 25.2 Å². The summed E-state index contributed by atoms with van der Waals surface area (Å²) in [6, 6.07) is 3.14. The Morgan fingerprint density at radius 2 is 2.12 bits per heavy atom. The monoisotopic (exact) mass is 228 g/mol. The van der Waals surface area contributed by atoms with Crippen LogP contribution in [0, 0.1) is 17.0 Å². The largest absolute Gasteiger partial charge is 0.481 e. The minimum atomic E-state index is -1.06. The van der Waals surface area contributed by atoms with E-state index in [9.17, 15) is 13.6 Å². The highest BCUT2D eigenvalue weighted by Crippen LogP contribution is 2.32. The first-order valence-corrected chi connectivity index (χ1v) is 4.79. The fourth-order valence-corrected chi connectivity index (χ4v) is 1.68. The smallest absolute Gasteiger partial charge is 0.314 e. The molecule has 0 aliphatic carbocycles. The van der Waals surface area contributed by atoms with Crippen molar-refractivity contribution in [3.8, 4) is 0 Å². The predicted octanol–water partition coefficient (Wildman–Crippen LogP) is 1.61. The number of ether oxygens (including phenoxy) is 1. The van der Waals surface area contributed by atoms with Crippen molar-refractivity contribution in [1.29, 1.82) is 0 Å². The van der Waals surface area contributed by atoms with E-state index in [4.69, 9.17) is 9.84 Å². The number of rotatable bonds is 3. The fourth-order valence-electron chi connectivity index (χ4n) is 1.68. The number of carboxylic acid groups (broad SMARTS) is 1. The maximum Gasteiger partial charge on any atom is 0.314 e. The third kappa shape index (κ3) is 1.78. The van der Waals surface area contributed by atoms with Crippen molar-refractivity contribution in [1.82, 2.24) is 0 Å². The maximum atomic E-state index is 13.3. The third-order valence-corrected chi connectivity index (χ3v) is 2.75. The van der Waals surface area contributed by atoms with Crippen molar-refractivity contribution in [2.45, 2.75) is 6.42 Å². The summed E-state index contributed by atoms with van der Waals surface area (Å²) >= 11 is 0. The zero-order chi connectivity index (χ0) is 11.8. The van der Waals surface area contributed by atoms with Gasteiger partial charge in [-0.15, -0.1) is 0 Å². The van der Waals surface area contributed by atoms with Crippen molar-refractivity contribution in [3.05, 3.63) is 35.4 Å². The van der Waals surface area contributed by atoms with Gasteiger partial charge in [0.15, 0.2) is 0 Å². The number of aliphatic carboxylic acids is 1. The van der Waals surface area contributed by atoms with Crippen molar-refractivity contribution in [2.75, 3.05) is 13.2 Å². The van der Waals surface area contributed by atoms with E-state index in [0.717, 1.165) is 12.1 Å². The number of carbonyl (C=O) groups is 1. The molecule has 1 aromatic rings. The quantitative estimate of drug-likeness (QED) is 0.854. The highest BCUT2D eigenvalue weighted by molar-refractivity contribution is 5.76. The molecule has 0 bridgehead atoms. The standard InChI is InChI=1S/C11H10F2O3/c12-8-2-1-7(9(13)3-8)4-11(10(14)15)5-16-6-11/h1-3H,4-6H2,(H,14,15). The molecular weight excluding hydrogens is 218 g/mol. The zero-order valence-electron chi connectivity index (χ0n) is 8.37. The van der Waals surface area contributed by atoms with Crippen LogP contribution in [-0.2, 0) is 16.0 Å². The normalized spacial score (nSPS) is 17.9. The molecule has 0 amide bonds. The van der Waals surface area contributed by atoms with Crippen molar-refractivity contribution in [3.63, 3.8) is 0 Å². The average Bonchev–Trinajstić information content (AvgIpc) is 2.13. The van der Waals surface area contributed by atoms with Crippen LogP contribution in [0.25, 0.3) is 0 Å². The van der Waals surface area contributed by atoms with Gasteiger partial charge in [-0.05, 0) is 18.1 Å². The summed E-state index contributed by atoms with van der Waals surface area (Å²) in [4.78, 5) is 11.0. The Kier molecular flexibility index (Phi) is 2.63. The van der Waals surface area contributed by atoms with Crippen LogP contribution >= 0.6 is 0 Å². The first-order valence-electron chi connectivity index (χ1n) is 4.79. The molecule has 1 fully saturated rings. The van der Waals surface area contributed by atoms with Gasteiger partial charge in [0.25, 0.3) is 0 Å². The SMILES string of the molecule is O=C(O)C1(Cc2ccc(F)cc2F)COC1. The van der Waals surface area contributed by atoms with Gasteiger partial charge in [0.2, 0.25) is 0 Å². The summed E-state index contributed by atoms with van der Waals surface area (Å²) in [5.74, 6) is -2.40. The molecule has 1 aliphatic heterocycles. The van der Waals surface area contributed by atoms with Crippen LogP contribution in [0.15, 0.2) is 18.2 Å². The third-order valence-electron chi connectivity index (χ3n) is 2.75. The molecule has 1 saturated heterocycles. The van der Waals surface area contributed by atoms with Crippen molar-refractivity contribution >= 4 is 5.97 Å². The second-order valence-corrected chi connectivity index (χ2v) is 3.99. The van der Waals surface area contributed by atoms with Gasteiger partial charge in [-0.25, -0.2) is 8.78 Å². The maximum absolute atomic E-state index is 13.3. The van der Waals surface area contributed by atoms with Gasteiger partial charge in [-0.1, -0.05) is 6.07 Å². The lowest BCUT2D eigenvalue weighted by molar-refractivity contribution is -0.179. The van der Waals surface area contributed by atoms with E-state index in [0.29, 0.717) is 0 Å². The van der Waals surface area contributed by atoms with Gasteiger partial charge in [-0.2, -0.15) is 0 Å². The highest BCUT2D eigenvalue weighted by atomic mass is 19.1. The second kappa shape index (κ2) is 3.83. The number of carboxylic acids is 1. The Labute approximate surface area is 90.7 Å². The number of hydrogen-bond acceptors (Lipinski definition) is 2. The molecule has 2 rings (SSSR count). The van der Waals surface area contributed by atoms with Gasteiger partial charge in [-0.3, -0.25) is 4.79 Å². The first-order chi connectivity index (χ1) is 7.53. The Morgan fingerprint density at radius 3 is 2.56 bits per heavy atom. The molecule has 0 saturated carbocycles. The predicted molar refractivity (Wildman–Crippen MR) is 50.9 cm³/mol. The lowest BCUT2D eigenvalue weighted by atomic mass is 9.80. The van der Waals surface area contributed by atoms with Crippen LogP contribution in [-0.4, -0.2) is 24.3 Å². The number of halogens is 2. The summed E-state index contributed by atoms with van der Waals surface area (Å²) in [6.45, 7) is 0.137. The van der Waals surface area contributed by atoms with E-state index >= 15 is 0 Å². The molecule has 0 unspecified atom stereocenters. The molecule has 5 heteroatoms.